The lowest BCUT2D eigenvalue weighted by atomic mass is 10.2. The van der Waals surface area contributed by atoms with Crippen LogP contribution < -0.4 is 10.3 Å². The number of aromatic nitrogens is 2. The van der Waals surface area contributed by atoms with E-state index in [1.165, 1.54) is 20.1 Å². The molecule has 148 valence electrons. The van der Waals surface area contributed by atoms with Crippen LogP contribution in [0.4, 0.5) is 17.6 Å². The molecule has 0 saturated heterocycles. The van der Waals surface area contributed by atoms with Crippen molar-refractivity contribution in [1.29, 1.82) is 0 Å². The third-order valence-electron chi connectivity index (χ3n) is 4.01. The number of fused-ring (bicyclic) bond motifs is 1. The van der Waals surface area contributed by atoms with Gasteiger partial charge in [-0.15, -0.1) is 0 Å². The van der Waals surface area contributed by atoms with Crippen LogP contribution >= 0.6 is 0 Å². The molecule has 0 N–H and O–H groups in total. The Balaban J connectivity index is 2.18. The van der Waals surface area contributed by atoms with Gasteiger partial charge in [-0.2, -0.15) is 13.2 Å². The number of alkyl halides is 3. The molecule has 1 heterocycles. The molecule has 3 rings (SSSR count). The van der Waals surface area contributed by atoms with Crippen LogP contribution in [-0.2, 0) is 10.8 Å². The maximum absolute atomic E-state index is 14.5. The fraction of sp³-hybridized carbons (Fsp3) is 0.222. The lowest BCUT2D eigenvalue weighted by Crippen LogP contribution is -2.22. The molecule has 3 aromatic rings. The molecule has 0 aliphatic carbocycles. The van der Waals surface area contributed by atoms with Gasteiger partial charge in [-0.1, -0.05) is 0 Å². The summed E-state index contributed by atoms with van der Waals surface area (Å²) in [5.74, 6) is -2.03. The van der Waals surface area contributed by atoms with Gasteiger partial charge in [0.25, 0.3) is 5.56 Å². The topological polar surface area (TPSA) is 61.2 Å². The van der Waals surface area contributed by atoms with Crippen LogP contribution in [0.2, 0.25) is 0 Å². The van der Waals surface area contributed by atoms with E-state index in [-0.39, 0.29) is 21.5 Å². The van der Waals surface area contributed by atoms with Gasteiger partial charge < -0.3 is 4.74 Å². The Bertz CT molecular complexity index is 1140. The Morgan fingerprint density at radius 3 is 2.57 bits per heavy atom. The van der Waals surface area contributed by atoms with E-state index in [2.05, 4.69) is 4.98 Å². The second-order valence-corrected chi connectivity index (χ2v) is 7.40. The summed E-state index contributed by atoms with van der Waals surface area (Å²) in [5, 5.41) is 0.139. The molecule has 1 atom stereocenters. The van der Waals surface area contributed by atoms with E-state index in [0.717, 1.165) is 23.0 Å². The maximum Gasteiger partial charge on any atom is 0.400 e. The quantitative estimate of drug-likeness (QED) is 0.613. The van der Waals surface area contributed by atoms with Crippen molar-refractivity contribution < 1.29 is 26.5 Å². The fourth-order valence-electron chi connectivity index (χ4n) is 2.70. The molecule has 0 radical (unpaired) electrons. The van der Waals surface area contributed by atoms with Crippen LogP contribution in [-0.4, -0.2) is 32.8 Å². The lowest BCUT2D eigenvalue weighted by molar-refractivity contribution is -0.105. The zero-order chi connectivity index (χ0) is 20.6. The summed E-state index contributed by atoms with van der Waals surface area (Å²) in [4.78, 5) is 16.7. The Morgan fingerprint density at radius 1 is 1.21 bits per heavy atom. The molecule has 2 aromatic carbocycles. The van der Waals surface area contributed by atoms with Crippen molar-refractivity contribution in [2.24, 2.45) is 0 Å². The Hall–Kier alpha value is -2.75. The summed E-state index contributed by atoms with van der Waals surface area (Å²) in [6.45, 7) is 1.35. The van der Waals surface area contributed by atoms with Crippen LogP contribution in [0, 0.1) is 12.7 Å². The van der Waals surface area contributed by atoms with Gasteiger partial charge in [0.05, 0.1) is 34.5 Å². The molecular weight excluding hydrogens is 400 g/mol. The summed E-state index contributed by atoms with van der Waals surface area (Å²) >= 11 is 0. The van der Waals surface area contributed by atoms with Crippen molar-refractivity contribution in [3.8, 4) is 11.4 Å². The predicted octanol–water partition coefficient (Wildman–Crippen LogP) is 3.51. The summed E-state index contributed by atoms with van der Waals surface area (Å²) in [5.41, 5.74) is -0.541. The highest BCUT2D eigenvalue weighted by Gasteiger charge is 2.32. The Morgan fingerprint density at radius 2 is 1.93 bits per heavy atom. The maximum atomic E-state index is 14.5. The molecule has 1 aromatic heterocycles. The minimum Gasteiger partial charge on any atom is -0.497 e. The molecule has 0 saturated carbocycles. The molecule has 0 amide bonds. The second-order valence-electron chi connectivity index (χ2n) is 5.98. The van der Waals surface area contributed by atoms with Gasteiger partial charge in [-0.25, -0.2) is 9.37 Å². The minimum absolute atomic E-state index is 0.0901. The lowest BCUT2D eigenvalue weighted by Gasteiger charge is -2.13. The van der Waals surface area contributed by atoms with Gasteiger partial charge in [0.1, 0.15) is 23.6 Å². The summed E-state index contributed by atoms with van der Waals surface area (Å²) in [6.07, 6.45) is -3.58. The van der Waals surface area contributed by atoms with E-state index in [1.807, 2.05) is 0 Å². The van der Waals surface area contributed by atoms with Gasteiger partial charge >= 0.3 is 6.18 Å². The van der Waals surface area contributed by atoms with Crippen LogP contribution in [0.5, 0.6) is 5.75 Å². The minimum atomic E-state index is -4.65. The van der Waals surface area contributed by atoms with E-state index in [4.69, 9.17) is 4.74 Å². The Labute approximate surface area is 159 Å². The summed E-state index contributed by atoms with van der Waals surface area (Å²) in [6, 6.07) is 6.51. The highest BCUT2D eigenvalue weighted by atomic mass is 32.2. The molecule has 0 spiro atoms. The first-order valence-corrected chi connectivity index (χ1v) is 9.23. The fourth-order valence-corrected chi connectivity index (χ4v) is 3.81. The van der Waals surface area contributed by atoms with Crippen LogP contribution in [0.3, 0.4) is 0 Å². The first kappa shape index (κ1) is 20.0. The molecule has 0 fully saturated rings. The SMILES string of the molecule is COc1ccc2ncn(-c3cc(S(=O)CC(F)(F)F)c(C)cc3F)c(=O)c2c1. The van der Waals surface area contributed by atoms with Crippen LogP contribution in [0.1, 0.15) is 5.56 Å². The molecule has 0 aliphatic rings. The third kappa shape index (κ3) is 3.91. The largest absolute Gasteiger partial charge is 0.497 e. The van der Waals surface area contributed by atoms with E-state index >= 15 is 0 Å². The Kier molecular flexibility index (Phi) is 5.24. The van der Waals surface area contributed by atoms with Crippen molar-refractivity contribution in [1.82, 2.24) is 9.55 Å². The van der Waals surface area contributed by atoms with E-state index in [0.29, 0.717) is 11.3 Å². The highest BCUT2D eigenvalue weighted by Crippen LogP contribution is 2.26. The molecule has 1 unspecified atom stereocenters. The number of methoxy groups -OCH3 is 1. The number of nitrogens with zero attached hydrogens (tertiary/aromatic N) is 2. The smallest absolute Gasteiger partial charge is 0.400 e. The number of rotatable bonds is 4. The molecular formula is C18H14F4N2O3S. The normalized spacial score (nSPS) is 12.9. The number of hydrogen-bond donors (Lipinski definition) is 0. The van der Waals surface area contributed by atoms with Gasteiger partial charge in [0.2, 0.25) is 0 Å². The third-order valence-corrected chi connectivity index (χ3v) is 5.53. The van der Waals surface area contributed by atoms with Gasteiger partial charge in [-0.05, 0) is 42.8 Å². The van der Waals surface area contributed by atoms with Crippen LogP contribution in [0.15, 0.2) is 46.3 Å². The zero-order valence-electron chi connectivity index (χ0n) is 14.7. The molecule has 28 heavy (non-hydrogen) atoms. The standard InChI is InChI=1S/C18H14F4N2O3S/c1-10-5-13(19)15(7-16(10)28(26)8-18(20,21)22)24-9-23-14-4-3-11(27-2)6-12(14)17(24)25/h3-7,9H,8H2,1-2H3. The summed E-state index contributed by atoms with van der Waals surface area (Å²) in [7, 11) is -1.03. The molecule has 5 nitrogen and oxygen atoms in total. The zero-order valence-corrected chi connectivity index (χ0v) is 15.5. The monoisotopic (exact) mass is 414 g/mol. The second kappa shape index (κ2) is 7.34. The van der Waals surface area contributed by atoms with Crippen molar-refractivity contribution in [3.05, 3.63) is 58.4 Å². The van der Waals surface area contributed by atoms with Crippen molar-refractivity contribution in [3.63, 3.8) is 0 Å². The highest BCUT2D eigenvalue weighted by molar-refractivity contribution is 7.85. The van der Waals surface area contributed by atoms with E-state index in [1.54, 1.807) is 12.1 Å². The first-order chi connectivity index (χ1) is 13.1. The number of benzene rings is 2. The number of halogens is 4. The average molecular weight is 414 g/mol. The predicted molar refractivity (Wildman–Crippen MR) is 95.9 cm³/mol. The van der Waals surface area contributed by atoms with E-state index in [9.17, 15) is 26.6 Å². The van der Waals surface area contributed by atoms with Crippen LogP contribution in [0.25, 0.3) is 16.6 Å². The molecule has 0 aliphatic heterocycles. The number of ether oxygens (including phenoxy) is 1. The van der Waals surface area contributed by atoms with Gasteiger partial charge in [0.15, 0.2) is 0 Å². The summed E-state index contributed by atoms with van der Waals surface area (Å²) < 4.78 is 70.3. The van der Waals surface area contributed by atoms with Crippen molar-refractivity contribution in [2.45, 2.75) is 18.0 Å². The van der Waals surface area contributed by atoms with Gasteiger partial charge in [0, 0.05) is 4.90 Å². The van der Waals surface area contributed by atoms with Gasteiger partial charge in [-0.3, -0.25) is 13.6 Å². The molecule has 0 bridgehead atoms. The van der Waals surface area contributed by atoms with Crippen molar-refractivity contribution in [2.75, 3.05) is 12.9 Å². The van der Waals surface area contributed by atoms with Crippen molar-refractivity contribution >= 4 is 21.7 Å². The first-order valence-electron chi connectivity index (χ1n) is 7.92. The molecule has 10 heteroatoms. The number of aryl methyl sites for hydroxylation is 1. The number of hydrogen-bond acceptors (Lipinski definition) is 4. The van der Waals surface area contributed by atoms with E-state index < -0.39 is 34.1 Å². The average Bonchev–Trinajstić information content (AvgIpc) is 2.61.